The molecule has 1 aromatic carbocycles. The first-order valence-corrected chi connectivity index (χ1v) is 14.8. The second-order valence-corrected chi connectivity index (χ2v) is 13.0. The van der Waals surface area contributed by atoms with E-state index in [1.807, 2.05) is 55.6 Å². The zero-order valence-electron chi connectivity index (χ0n) is 22.3. The molecule has 0 saturated heterocycles. The lowest BCUT2D eigenvalue weighted by Gasteiger charge is -2.25. The molecule has 1 aliphatic carbocycles. The summed E-state index contributed by atoms with van der Waals surface area (Å²) in [6.07, 6.45) is 4.56. The third-order valence-electron chi connectivity index (χ3n) is 7.90. The first kappa shape index (κ1) is 26.7. The maximum Gasteiger partial charge on any atom is 0.304 e. The Balaban J connectivity index is 1.41. The molecule has 0 bridgehead atoms. The van der Waals surface area contributed by atoms with E-state index in [1.54, 1.807) is 0 Å². The van der Waals surface area contributed by atoms with Gasteiger partial charge in [-0.25, -0.2) is 13.4 Å². The predicted molar refractivity (Wildman–Crippen MR) is 147 cm³/mol. The lowest BCUT2D eigenvalue weighted by molar-refractivity contribution is -0.137. The van der Waals surface area contributed by atoms with Crippen molar-refractivity contribution < 1.29 is 23.1 Å². The highest BCUT2D eigenvalue weighted by molar-refractivity contribution is 7.89. The van der Waals surface area contributed by atoms with Gasteiger partial charge in [-0.1, -0.05) is 29.8 Å². The maximum atomic E-state index is 13.8. The van der Waals surface area contributed by atoms with Crippen molar-refractivity contribution in [3.8, 4) is 5.88 Å². The standard InChI is InChI=1S/C28H28ClN5O5S/c1-16-4-5-19(23(12-25(35)36)22-6-9-34-18(3)31-32-26(34)17(22)2)10-20(16)14-33-15-28(7-8-28)39-27-24(40(33,37)38)11-21(29)13-30-27/h4-6,9-11,13,23H,7-8,12,14-15H2,1-3H3,(H,35,36)/t23-/m0/s1. The first-order chi connectivity index (χ1) is 19.0. The number of sulfonamides is 1. The van der Waals surface area contributed by atoms with E-state index in [1.165, 1.54) is 16.6 Å². The fourth-order valence-electron chi connectivity index (χ4n) is 5.43. The summed E-state index contributed by atoms with van der Waals surface area (Å²) in [5.41, 5.74) is 4.20. The largest absolute Gasteiger partial charge is 0.481 e. The van der Waals surface area contributed by atoms with Crippen molar-refractivity contribution in [2.24, 2.45) is 0 Å². The van der Waals surface area contributed by atoms with Crippen LogP contribution in [0.3, 0.4) is 0 Å². The molecule has 1 spiro atoms. The normalized spacial score (nSPS) is 18.2. The van der Waals surface area contributed by atoms with Gasteiger partial charge in [-0.3, -0.25) is 9.20 Å². The molecule has 1 saturated carbocycles. The Hall–Kier alpha value is -3.54. The Morgan fingerprint density at radius 2 is 1.95 bits per heavy atom. The lowest BCUT2D eigenvalue weighted by atomic mass is 9.85. The fourth-order valence-corrected chi connectivity index (χ4v) is 7.24. The number of pyridine rings is 2. The van der Waals surface area contributed by atoms with Gasteiger partial charge in [0, 0.05) is 24.9 Å². The van der Waals surface area contributed by atoms with Gasteiger partial charge in [-0.05, 0) is 73.6 Å². The van der Waals surface area contributed by atoms with Crippen LogP contribution in [0.4, 0.5) is 0 Å². The Labute approximate surface area is 236 Å². The minimum absolute atomic E-state index is 0.0473. The lowest BCUT2D eigenvalue weighted by Crippen LogP contribution is -2.38. The van der Waals surface area contributed by atoms with Crippen LogP contribution in [0.1, 0.15) is 58.8 Å². The number of aryl methyl sites for hydroxylation is 3. The molecule has 1 aliphatic heterocycles. The van der Waals surface area contributed by atoms with Crippen LogP contribution in [0.2, 0.25) is 5.02 Å². The number of aromatic nitrogens is 4. The van der Waals surface area contributed by atoms with E-state index >= 15 is 0 Å². The van der Waals surface area contributed by atoms with Crippen LogP contribution in [-0.2, 0) is 21.4 Å². The van der Waals surface area contributed by atoms with E-state index in [4.69, 9.17) is 16.3 Å². The molecule has 12 heteroatoms. The van der Waals surface area contributed by atoms with Crippen LogP contribution in [0.5, 0.6) is 5.88 Å². The van der Waals surface area contributed by atoms with E-state index in [0.717, 1.165) is 46.5 Å². The van der Waals surface area contributed by atoms with Gasteiger partial charge in [0.25, 0.3) is 0 Å². The van der Waals surface area contributed by atoms with Gasteiger partial charge >= 0.3 is 5.97 Å². The molecule has 208 valence electrons. The average Bonchev–Trinajstić information content (AvgIpc) is 3.57. The van der Waals surface area contributed by atoms with Crippen molar-refractivity contribution in [3.05, 3.63) is 81.4 Å². The second-order valence-electron chi connectivity index (χ2n) is 10.7. The van der Waals surface area contributed by atoms with Crippen LogP contribution in [-0.4, -0.2) is 55.5 Å². The van der Waals surface area contributed by atoms with Gasteiger partial charge in [-0.15, -0.1) is 10.2 Å². The summed E-state index contributed by atoms with van der Waals surface area (Å²) in [5.74, 6) is -0.591. The van der Waals surface area contributed by atoms with E-state index in [9.17, 15) is 18.3 Å². The quantitative estimate of drug-likeness (QED) is 0.354. The molecule has 2 aliphatic rings. The molecule has 0 amide bonds. The van der Waals surface area contributed by atoms with Crippen LogP contribution in [0, 0.1) is 20.8 Å². The van der Waals surface area contributed by atoms with E-state index in [2.05, 4.69) is 15.2 Å². The van der Waals surface area contributed by atoms with Crippen molar-refractivity contribution in [2.45, 2.75) is 63.0 Å². The number of ether oxygens (including phenoxy) is 1. The topological polar surface area (TPSA) is 127 Å². The monoisotopic (exact) mass is 581 g/mol. The summed E-state index contributed by atoms with van der Waals surface area (Å²) < 4.78 is 37.0. The van der Waals surface area contributed by atoms with Gasteiger partial charge < -0.3 is 9.84 Å². The number of aliphatic carboxylic acids is 1. The summed E-state index contributed by atoms with van der Waals surface area (Å²) in [5, 5.41) is 18.5. The van der Waals surface area contributed by atoms with Crippen molar-refractivity contribution >= 4 is 33.2 Å². The molecular formula is C28H28ClN5O5S. The number of benzene rings is 1. The molecule has 3 aromatic heterocycles. The summed E-state index contributed by atoms with van der Waals surface area (Å²) in [6.45, 7) is 5.98. The van der Waals surface area contributed by atoms with Gasteiger partial charge in [-0.2, -0.15) is 4.31 Å². The highest BCUT2D eigenvalue weighted by Gasteiger charge is 2.52. The molecule has 40 heavy (non-hydrogen) atoms. The second kappa shape index (κ2) is 9.53. The first-order valence-electron chi connectivity index (χ1n) is 12.9. The van der Waals surface area contributed by atoms with Gasteiger partial charge in [0.1, 0.15) is 16.3 Å². The van der Waals surface area contributed by atoms with Gasteiger partial charge in [0.2, 0.25) is 15.9 Å². The SMILES string of the molecule is Cc1ccc([C@H](CC(=O)O)c2ccn3c(C)nnc3c2C)cc1CN1CC2(CC2)Oc2ncc(Cl)cc2S1(=O)=O. The van der Waals surface area contributed by atoms with E-state index < -0.39 is 27.5 Å². The highest BCUT2D eigenvalue weighted by Crippen LogP contribution is 2.46. The Morgan fingerprint density at radius 3 is 2.67 bits per heavy atom. The smallest absolute Gasteiger partial charge is 0.304 e. The van der Waals surface area contributed by atoms with E-state index in [0.29, 0.717) is 5.65 Å². The van der Waals surface area contributed by atoms with Gasteiger partial charge in [0.05, 0.1) is 18.0 Å². The summed E-state index contributed by atoms with van der Waals surface area (Å²) in [6, 6.07) is 9.03. The molecule has 1 atom stereocenters. The third kappa shape index (κ3) is 4.61. The Morgan fingerprint density at radius 1 is 1.18 bits per heavy atom. The minimum Gasteiger partial charge on any atom is -0.481 e. The summed E-state index contributed by atoms with van der Waals surface area (Å²) in [4.78, 5) is 16.1. The number of carbonyl (C=O) groups is 1. The fraction of sp³-hybridized carbons (Fsp3) is 0.357. The van der Waals surface area contributed by atoms with Crippen LogP contribution in [0.15, 0.2) is 47.6 Å². The zero-order valence-corrected chi connectivity index (χ0v) is 23.8. The van der Waals surface area contributed by atoms with Crippen molar-refractivity contribution in [1.29, 1.82) is 0 Å². The minimum atomic E-state index is -3.97. The predicted octanol–water partition coefficient (Wildman–Crippen LogP) is 4.43. The van der Waals surface area contributed by atoms with Crippen molar-refractivity contribution in [2.75, 3.05) is 6.54 Å². The summed E-state index contributed by atoms with van der Waals surface area (Å²) in [7, 11) is -3.97. The molecule has 0 radical (unpaired) electrons. The molecule has 6 rings (SSSR count). The number of halogens is 1. The van der Waals surface area contributed by atoms with Crippen LogP contribution < -0.4 is 4.74 Å². The number of nitrogens with zero attached hydrogens (tertiary/aromatic N) is 5. The van der Waals surface area contributed by atoms with E-state index in [-0.39, 0.29) is 35.3 Å². The molecule has 1 fully saturated rings. The molecule has 4 heterocycles. The average molecular weight is 582 g/mol. The number of carboxylic acid groups (broad SMARTS) is 1. The number of hydrogen-bond donors (Lipinski definition) is 1. The maximum absolute atomic E-state index is 13.8. The number of rotatable bonds is 6. The Kier molecular flexibility index (Phi) is 6.36. The number of fused-ring (bicyclic) bond motifs is 2. The highest BCUT2D eigenvalue weighted by atomic mass is 35.5. The third-order valence-corrected chi connectivity index (χ3v) is 9.90. The number of carboxylic acids is 1. The van der Waals surface area contributed by atoms with Crippen LogP contribution in [0.25, 0.3) is 5.65 Å². The number of hydrogen-bond acceptors (Lipinski definition) is 7. The molecule has 10 nitrogen and oxygen atoms in total. The molecule has 0 unspecified atom stereocenters. The summed E-state index contributed by atoms with van der Waals surface area (Å²) >= 11 is 6.12. The Bertz CT molecular complexity index is 1780. The molecular weight excluding hydrogens is 554 g/mol. The van der Waals surface area contributed by atoms with Crippen molar-refractivity contribution in [1.82, 2.24) is 23.9 Å². The zero-order chi connectivity index (χ0) is 28.4. The molecule has 4 aromatic rings. The molecule has 1 N–H and O–H groups in total. The van der Waals surface area contributed by atoms with Crippen molar-refractivity contribution in [3.63, 3.8) is 0 Å². The van der Waals surface area contributed by atoms with Gasteiger partial charge in [0.15, 0.2) is 5.65 Å². The van der Waals surface area contributed by atoms with Crippen LogP contribution >= 0.6 is 11.6 Å².